The Morgan fingerprint density at radius 2 is 2.24 bits per heavy atom. The monoisotopic (exact) mass is 310 g/mol. The number of hydrogen-bond donors (Lipinski definition) is 2. The number of rotatable bonds is 5. The molecule has 0 aliphatic carbocycles. The molecule has 2 atom stereocenters. The molecule has 6 nitrogen and oxygen atoms in total. The Bertz CT molecular complexity index is 605. The average Bonchev–Trinajstić information content (AvgIpc) is 3.05. The Kier molecular flexibility index (Phi) is 4.14. The molecule has 1 aromatic rings. The van der Waals surface area contributed by atoms with Gasteiger partial charge in [0.15, 0.2) is 0 Å². The zero-order chi connectivity index (χ0) is 14.9. The molecule has 21 heavy (non-hydrogen) atoms. The van der Waals surface area contributed by atoms with Crippen LogP contribution in [-0.4, -0.2) is 50.0 Å². The van der Waals surface area contributed by atoms with Gasteiger partial charge >= 0.3 is 0 Å². The molecule has 2 saturated heterocycles. The Hall–Kier alpha value is -1.18. The van der Waals surface area contributed by atoms with Gasteiger partial charge in [0.05, 0.1) is 4.90 Å². The largest absolute Gasteiger partial charge is 0.370 e. The predicted octanol–water partition coefficient (Wildman–Crippen LogP) is 1.03. The van der Waals surface area contributed by atoms with Crippen LogP contribution in [0, 0.1) is 0 Å². The van der Waals surface area contributed by atoms with E-state index in [1.54, 1.807) is 12.1 Å². The third-order valence-electron chi connectivity index (χ3n) is 4.31. The quantitative estimate of drug-likeness (QED) is 0.849. The van der Waals surface area contributed by atoms with Gasteiger partial charge in [-0.05, 0) is 38.8 Å². The molecule has 0 radical (unpaired) electrons. The lowest BCUT2D eigenvalue weighted by Gasteiger charge is -2.21. The van der Waals surface area contributed by atoms with Crippen molar-refractivity contribution in [2.24, 2.45) is 0 Å². The molecule has 0 bridgehead atoms. The number of sulfonamides is 1. The molecule has 0 spiro atoms. The van der Waals surface area contributed by atoms with Crippen molar-refractivity contribution in [3.8, 4) is 0 Å². The van der Waals surface area contributed by atoms with Crippen molar-refractivity contribution in [2.75, 3.05) is 25.0 Å². The first-order valence-electron chi connectivity index (χ1n) is 7.56. The van der Waals surface area contributed by atoms with E-state index in [-0.39, 0.29) is 10.9 Å². The summed E-state index contributed by atoms with van der Waals surface area (Å²) in [4.78, 5) is 6.79. The van der Waals surface area contributed by atoms with Crippen molar-refractivity contribution in [1.82, 2.24) is 14.6 Å². The molecule has 0 aromatic carbocycles. The zero-order valence-electron chi connectivity index (χ0n) is 12.2. The Labute approximate surface area is 126 Å². The van der Waals surface area contributed by atoms with E-state index in [0.717, 1.165) is 25.9 Å². The van der Waals surface area contributed by atoms with Crippen molar-refractivity contribution in [1.29, 1.82) is 0 Å². The summed E-state index contributed by atoms with van der Waals surface area (Å²) >= 11 is 0. The number of pyridine rings is 1. The highest BCUT2D eigenvalue weighted by Gasteiger charge is 2.39. The van der Waals surface area contributed by atoms with Crippen LogP contribution >= 0.6 is 0 Å². The fourth-order valence-electron chi connectivity index (χ4n) is 3.34. The molecule has 116 valence electrons. The molecule has 2 aliphatic heterocycles. The smallest absolute Gasteiger partial charge is 0.241 e. The van der Waals surface area contributed by atoms with Gasteiger partial charge in [0, 0.05) is 37.4 Å². The van der Waals surface area contributed by atoms with Crippen LogP contribution < -0.4 is 10.0 Å². The Balaban J connectivity index is 1.76. The summed E-state index contributed by atoms with van der Waals surface area (Å²) in [6, 6.07) is 3.54. The van der Waals surface area contributed by atoms with Crippen LogP contribution in [0.25, 0.3) is 0 Å². The molecule has 0 saturated carbocycles. The fourth-order valence-corrected chi connectivity index (χ4v) is 4.66. The zero-order valence-corrected chi connectivity index (χ0v) is 13.1. The molecule has 2 fully saturated rings. The molecule has 2 unspecified atom stereocenters. The summed E-state index contributed by atoms with van der Waals surface area (Å²) in [6.45, 7) is 4.76. The fraction of sp³-hybridized carbons (Fsp3) is 0.643. The number of anilines is 1. The highest BCUT2D eigenvalue weighted by atomic mass is 32.2. The second-order valence-corrected chi connectivity index (χ2v) is 7.38. The number of aromatic nitrogens is 1. The molecule has 1 aromatic heterocycles. The van der Waals surface area contributed by atoms with Gasteiger partial charge in [-0.1, -0.05) is 0 Å². The summed E-state index contributed by atoms with van der Waals surface area (Å²) in [6.07, 6.45) is 4.69. The van der Waals surface area contributed by atoms with E-state index in [2.05, 4.69) is 19.9 Å². The summed E-state index contributed by atoms with van der Waals surface area (Å²) in [7, 11) is -3.48. The maximum atomic E-state index is 12.5. The average molecular weight is 310 g/mol. The van der Waals surface area contributed by atoms with Gasteiger partial charge < -0.3 is 5.32 Å². The molecular weight excluding hydrogens is 288 g/mol. The SMILES string of the molecule is CCNc1cc(S(=O)(=O)NC2CCN3CCCC23)ccn1. The summed E-state index contributed by atoms with van der Waals surface area (Å²) in [5, 5.41) is 3.04. The lowest BCUT2D eigenvalue weighted by atomic mass is 10.1. The number of nitrogens with zero attached hydrogens (tertiary/aromatic N) is 2. The highest BCUT2D eigenvalue weighted by molar-refractivity contribution is 7.89. The van der Waals surface area contributed by atoms with Crippen LogP contribution in [0.2, 0.25) is 0 Å². The van der Waals surface area contributed by atoms with Gasteiger partial charge in [-0.2, -0.15) is 0 Å². The molecule has 3 rings (SSSR count). The van der Waals surface area contributed by atoms with Crippen molar-refractivity contribution < 1.29 is 8.42 Å². The number of hydrogen-bond acceptors (Lipinski definition) is 5. The maximum Gasteiger partial charge on any atom is 0.241 e. The minimum absolute atomic E-state index is 0.0354. The van der Waals surface area contributed by atoms with Gasteiger partial charge in [-0.3, -0.25) is 4.90 Å². The van der Waals surface area contributed by atoms with Gasteiger partial charge in [0.2, 0.25) is 10.0 Å². The molecule has 0 amide bonds. The first-order valence-corrected chi connectivity index (χ1v) is 9.05. The molecular formula is C14H22N4O2S. The van der Waals surface area contributed by atoms with Crippen LogP contribution in [0.5, 0.6) is 0 Å². The standard InChI is InChI=1S/C14H22N4O2S/c1-2-15-14-10-11(5-7-16-14)21(19,20)17-12-6-9-18-8-3-4-13(12)18/h5,7,10,12-13,17H,2-4,6,8-9H2,1H3,(H,15,16). The van der Waals surface area contributed by atoms with Crippen molar-refractivity contribution in [3.63, 3.8) is 0 Å². The maximum absolute atomic E-state index is 12.5. The van der Waals surface area contributed by atoms with E-state index in [0.29, 0.717) is 18.4 Å². The number of nitrogens with one attached hydrogen (secondary N) is 2. The van der Waals surface area contributed by atoms with E-state index in [1.807, 2.05) is 6.92 Å². The van der Waals surface area contributed by atoms with E-state index in [9.17, 15) is 8.42 Å². The van der Waals surface area contributed by atoms with Crippen molar-refractivity contribution >= 4 is 15.8 Å². The predicted molar refractivity (Wildman–Crippen MR) is 81.7 cm³/mol. The van der Waals surface area contributed by atoms with Crippen LogP contribution in [0.1, 0.15) is 26.2 Å². The summed E-state index contributed by atoms with van der Waals surface area (Å²) < 4.78 is 28.0. The van der Waals surface area contributed by atoms with E-state index in [1.165, 1.54) is 12.6 Å². The first kappa shape index (κ1) is 14.7. The Morgan fingerprint density at radius 1 is 1.38 bits per heavy atom. The second-order valence-electron chi connectivity index (χ2n) is 5.67. The van der Waals surface area contributed by atoms with E-state index in [4.69, 9.17) is 0 Å². The lowest BCUT2D eigenvalue weighted by molar-refractivity contribution is 0.309. The molecule has 2 aliphatic rings. The summed E-state index contributed by atoms with van der Waals surface area (Å²) in [5.41, 5.74) is 0. The van der Waals surface area contributed by atoms with Crippen LogP contribution in [0.4, 0.5) is 5.82 Å². The van der Waals surface area contributed by atoms with Gasteiger partial charge in [0.25, 0.3) is 0 Å². The Morgan fingerprint density at radius 3 is 3.05 bits per heavy atom. The second kappa shape index (κ2) is 5.90. The van der Waals surface area contributed by atoms with Crippen molar-refractivity contribution in [3.05, 3.63) is 18.3 Å². The topological polar surface area (TPSA) is 74.3 Å². The molecule has 3 heterocycles. The normalized spacial score (nSPS) is 26.0. The third-order valence-corrected chi connectivity index (χ3v) is 5.80. The minimum Gasteiger partial charge on any atom is -0.370 e. The summed E-state index contributed by atoms with van der Waals surface area (Å²) in [5.74, 6) is 0.592. The van der Waals surface area contributed by atoms with Crippen molar-refractivity contribution in [2.45, 2.75) is 43.2 Å². The molecule has 2 N–H and O–H groups in total. The highest BCUT2D eigenvalue weighted by Crippen LogP contribution is 2.29. The lowest BCUT2D eigenvalue weighted by Crippen LogP contribution is -2.42. The minimum atomic E-state index is -3.48. The van der Waals surface area contributed by atoms with Gasteiger partial charge in [-0.15, -0.1) is 0 Å². The van der Waals surface area contributed by atoms with Crippen LogP contribution in [0.15, 0.2) is 23.2 Å². The number of fused-ring (bicyclic) bond motifs is 1. The van der Waals surface area contributed by atoms with Gasteiger partial charge in [-0.25, -0.2) is 18.1 Å². The van der Waals surface area contributed by atoms with Crippen LogP contribution in [0.3, 0.4) is 0 Å². The van der Waals surface area contributed by atoms with Crippen LogP contribution in [-0.2, 0) is 10.0 Å². The van der Waals surface area contributed by atoms with E-state index < -0.39 is 10.0 Å². The van der Waals surface area contributed by atoms with Gasteiger partial charge in [0.1, 0.15) is 5.82 Å². The molecule has 7 heteroatoms. The van der Waals surface area contributed by atoms with E-state index >= 15 is 0 Å². The first-order chi connectivity index (χ1) is 10.1. The third kappa shape index (κ3) is 3.04.